The van der Waals surface area contributed by atoms with E-state index in [1.807, 2.05) is 31.2 Å². The molecule has 0 unspecified atom stereocenters. The molecule has 146 valence electrons. The fraction of sp³-hybridized carbons (Fsp3) is 0.130. The summed E-state index contributed by atoms with van der Waals surface area (Å²) in [6, 6.07) is 15.7. The minimum Gasteiger partial charge on any atom is -0.322 e. The number of pyridine rings is 1. The summed E-state index contributed by atoms with van der Waals surface area (Å²) in [5.74, 6) is -0.772. The van der Waals surface area contributed by atoms with Gasteiger partial charge in [-0.25, -0.2) is 0 Å². The lowest BCUT2D eigenvalue weighted by molar-refractivity contribution is 0.101. The number of Topliss-reactive ketones (excluding diaryl/α,β-unsaturated/α-hetero) is 1. The van der Waals surface area contributed by atoms with Crippen LogP contribution in [0, 0.1) is 0 Å². The van der Waals surface area contributed by atoms with Crippen molar-refractivity contribution < 1.29 is 14.4 Å². The summed E-state index contributed by atoms with van der Waals surface area (Å²) >= 11 is 0. The maximum absolute atomic E-state index is 12.6. The van der Waals surface area contributed by atoms with Crippen LogP contribution in [0.15, 0.2) is 67.0 Å². The van der Waals surface area contributed by atoms with Crippen molar-refractivity contribution in [3.8, 4) is 0 Å². The molecular weight excluding hydrogens is 366 g/mol. The molecule has 29 heavy (non-hydrogen) atoms. The van der Waals surface area contributed by atoms with Crippen molar-refractivity contribution in [2.24, 2.45) is 0 Å². The Labute approximate surface area is 169 Å². The predicted octanol–water partition coefficient (Wildman–Crippen LogP) is 4.35. The Morgan fingerprint density at radius 2 is 1.45 bits per heavy atom. The smallest absolute Gasteiger partial charge is 0.257 e. The Balaban J connectivity index is 1.73. The van der Waals surface area contributed by atoms with E-state index in [4.69, 9.17) is 0 Å². The predicted molar refractivity (Wildman–Crippen MR) is 112 cm³/mol. The summed E-state index contributed by atoms with van der Waals surface area (Å²) < 4.78 is 0. The largest absolute Gasteiger partial charge is 0.322 e. The Hall–Kier alpha value is -3.80. The number of para-hydroxylation sites is 1. The monoisotopic (exact) mass is 387 g/mol. The molecule has 0 saturated carbocycles. The van der Waals surface area contributed by atoms with Gasteiger partial charge in [-0.2, -0.15) is 0 Å². The number of hydrogen-bond donors (Lipinski definition) is 2. The van der Waals surface area contributed by atoms with E-state index in [2.05, 4.69) is 15.6 Å². The highest BCUT2D eigenvalue weighted by Crippen LogP contribution is 2.17. The molecule has 0 aliphatic heterocycles. The molecule has 6 nitrogen and oxygen atoms in total. The fourth-order valence-electron chi connectivity index (χ4n) is 2.82. The molecule has 2 aromatic carbocycles. The first-order chi connectivity index (χ1) is 14.0. The van der Waals surface area contributed by atoms with Gasteiger partial charge >= 0.3 is 0 Å². The third-order valence-corrected chi connectivity index (χ3v) is 4.46. The number of aromatic nitrogens is 1. The summed E-state index contributed by atoms with van der Waals surface area (Å²) in [6.07, 6.45) is 3.61. The van der Waals surface area contributed by atoms with Crippen molar-refractivity contribution in [3.63, 3.8) is 0 Å². The highest BCUT2D eigenvalue weighted by Gasteiger charge is 2.13. The molecule has 2 amide bonds. The number of anilines is 2. The zero-order valence-electron chi connectivity index (χ0n) is 16.2. The Morgan fingerprint density at radius 3 is 2.07 bits per heavy atom. The quantitative estimate of drug-likeness (QED) is 0.616. The summed E-state index contributed by atoms with van der Waals surface area (Å²) in [7, 11) is 0. The van der Waals surface area contributed by atoms with Gasteiger partial charge in [-0.05, 0) is 55.3 Å². The standard InChI is InChI=1S/C23H21N3O3/c1-3-16-6-4-5-7-21(16)26-23(29)19-12-18(13-24-14-19)22(28)25-20-10-8-17(9-11-20)15(2)27/h4-14H,3H2,1-2H3,(H,25,28)(H,26,29). The number of amides is 2. The van der Waals surface area contributed by atoms with Crippen LogP contribution in [0.4, 0.5) is 11.4 Å². The van der Waals surface area contributed by atoms with Gasteiger partial charge in [0.15, 0.2) is 5.78 Å². The molecule has 1 heterocycles. The average Bonchev–Trinajstić information content (AvgIpc) is 2.74. The van der Waals surface area contributed by atoms with Gasteiger partial charge in [0.1, 0.15) is 0 Å². The van der Waals surface area contributed by atoms with Crippen LogP contribution in [0.1, 0.15) is 50.5 Å². The van der Waals surface area contributed by atoms with Crippen LogP contribution in [0.3, 0.4) is 0 Å². The molecule has 0 bridgehead atoms. The highest BCUT2D eigenvalue weighted by molar-refractivity contribution is 6.08. The van der Waals surface area contributed by atoms with E-state index in [9.17, 15) is 14.4 Å². The number of hydrogen-bond acceptors (Lipinski definition) is 4. The maximum atomic E-state index is 12.6. The summed E-state index contributed by atoms with van der Waals surface area (Å²) in [4.78, 5) is 40.5. The molecule has 0 fully saturated rings. The molecule has 3 rings (SSSR count). The lowest BCUT2D eigenvalue weighted by Crippen LogP contribution is -2.16. The van der Waals surface area contributed by atoms with Crippen LogP contribution in [-0.2, 0) is 6.42 Å². The number of nitrogens with zero attached hydrogens (tertiary/aromatic N) is 1. The number of rotatable bonds is 6. The van der Waals surface area contributed by atoms with E-state index in [0.29, 0.717) is 11.3 Å². The van der Waals surface area contributed by atoms with E-state index in [-0.39, 0.29) is 22.8 Å². The van der Waals surface area contributed by atoms with Crippen molar-refractivity contribution in [3.05, 3.63) is 89.2 Å². The van der Waals surface area contributed by atoms with Crippen LogP contribution in [-0.4, -0.2) is 22.6 Å². The van der Waals surface area contributed by atoms with Gasteiger partial charge in [0.25, 0.3) is 11.8 Å². The number of ketones is 1. The average molecular weight is 387 g/mol. The van der Waals surface area contributed by atoms with Crippen LogP contribution >= 0.6 is 0 Å². The first-order valence-corrected chi connectivity index (χ1v) is 9.24. The Kier molecular flexibility index (Phi) is 6.14. The minimum atomic E-state index is -0.392. The molecule has 0 atom stereocenters. The lowest BCUT2D eigenvalue weighted by atomic mass is 10.1. The Bertz CT molecular complexity index is 1060. The van der Waals surface area contributed by atoms with Gasteiger partial charge in [0.05, 0.1) is 11.1 Å². The minimum absolute atomic E-state index is 0.0459. The maximum Gasteiger partial charge on any atom is 0.257 e. The number of nitrogens with one attached hydrogen (secondary N) is 2. The van der Waals surface area contributed by atoms with Crippen molar-refractivity contribution >= 4 is 29.0 Å². The van der Waals surface area contributed by atoms with E-state index >= 15 is 0 Å². The second kappa shape index (κ2) is 8.93. The van der Waals surface area contributed by atoms with Crippen molar-refractivity contribution in [1.82, 2.24) is 4.98 Å². The van der Waals surface area contributed by atoms with E-state index in [1.165, 1.54) is 25.4 Å². The number of aryl methyl sites for hydroxylation is 1. The number of carbonyl (C=O) groups excluding carboxylic acids is 3. The number of carbonyl (C=O) groups is 3. The van der Waals surface area contributed by atoms with Gasteiger partial charge in [0, 0.05) is 29.3 Å². The molecule has 2 N–H and O–H groups in total. The van der Waals surface area contributed by atoms with Crippen LogP contribution in [0.5, 0.6) is 0 Å². The fourth-order valence-corrected chi connectivity index (χ4v) is 2.82. The van der Waals surface area contributed by atoms with Gasteiger partial charge in [0.2, 0.25) is 0 Å². The molecule has 0 aliphatic rings. The van der Waals surface area contributed by atoms with Gasteiger partial charge in [-0.1, -0.05) is 25.1 Å². The molecule has 6 heteroatoms. The molecule has 0 radical (unpaired) electrons. The first-order valence-electron chi connectivity index (χ1n) is 9.24. The third kappa shape index (κ3) is 4.93. The van der Waals surface area contributed by atoms with E-state index in [1.54, 1.807) is 24.3 Å². The normalized spacial score (nSPS) is 10.3. The number of benzene rings is 2. The molecule has 3 aromatic rings. The zero-order valence-corrected chi connectivity index (χ0v) is 16.2. The van der Waals surface area contributed by atoms with E-state index in [0.717, 1.165) is 17.7 Å². The van der Waals surface area contributed by atoms with E-state index < -0.39 is 5.91 Å². The summed E-state index contributed by atoms with van der Waals surface area (Å²) in [6.45, 7) is 3.50. The summed E-state index contributed by atoms with van der Waals surface area (Å²) in [5.41, 5.74) is 3.42. The first kappa shape index (κ1) is 19.9. The summed E-state index contributed by atoms with van der Waals surface area (Å²) in [5, 5.41) is 5.60. The van der Waals surface area contributed by atoms with Gasteiger partial charge in [-0.15, -0.1) is 0 Å². The van der Waals surface area contributed by atoms with Gasteiger partial charge in [-0.3, -0.25) is 19.4 Å². The van der Waals surface area contributed by atoms with Gasteiger partial charge < -0.3 is 10.6 Å². The van der Waals surface area contributed by atoms with Crippen molar-refractivity contribution in [1.29, 1.82) is 0 Å². The highest BCUT2D eigenvalue weighted by atomic mass is 16.2. The third-order valence-electron chi connectivity index (χ3n) is 4.46. The zero-order chi connectivity index (χ0) is 20.8. The van der Waals surface area contributed by atoms with Crippen LogP contribution < -0.4 is 10.6 Å². The lowest BCUT2D eigenvalue weighted by Gasteiger charge is -2.10. The molecule has 1 aromatic heterocycles. The van der Waals surface area contributed by atoms with Crippen molar-refractivity contribution in [2.75, 3.05) is 10.6 Å². The SMILES string of the molecule is CCc1ccccc1NC(=O)c1cncc(C(=O)Nc2ccc(C(C)=O)cc2)c1. The second-order valence-electron chi connectivity index (χ2n) is 6.51. The topological polar surface area (TPSA) is 88.2 Å². The Morgan fingerprint density at radius 1 is 0.828 bits per heavy atom. The second-order valence-corrected chi connectivity index (χ2v) is 6.51. The molecule has 0 spiro atoms. The molecule has 0 aliphatic carbocycles. The van der Waals surface area contributed by atoms with Crippen molar-refractivity contribution in [2.45, 2.75) is 20.3 Å². The van der Waals surface area contributed by atoms with Crippen LogP contribution in [0.2, 0.25) is 0 Å². The molecular formula is C23H21N3O3. The molecule has 0 saturated heterocycles. The van der Waals surface area contributed by atoms with Crippen LogP contribution in [0.25, 0.3) is 0 Å².